The lowest BCUT2D eigenvalue weighted by Crippen LogP contribution is -2.09. The number of hydrogen-bond acceptors (Lipinski definition) is 3. The summed E-state index contributed by atoms with van der Waals surface area (Å²) in [5.41, 5.74) is 0.790. The lowest BCUT2D eigenvalue weighted by atomic mass is 10.1. The lowest BCUT2D eigenvalue weighted by molar-refractivity contribution is 0.0925. The minimum absolute atomic E-state index is 0.146. The number of aliphatic hydroxyl groups is 1. The van der Waals surface area contributed by atoms with Gasteiger partial charge in [-0.05, 0) is 24.5 Å². The third-order valence-electron chi connectivity index (χ3n) is 2.51. The zero-order chi connectivity index (χ0) is 13.9. The maximum absolute atomic E-state index is 8.70. The first kappa shape index (κ1) is 15.6. The second-order valence-corrected chi connectivity index (χ2v) is 4.60. The minimum Gasteiger partial charge on any atom is -0.490 e. The van der Waals surface area contributed by atoms with Crippen LogP contribution in [0.3, 0.4) is 0 Å². The molecule has 1 aromatic carbocycles. The van der Waals surface area contributed by atoms with E-state index >= 15 is 0 Å². The molecule has 0 saturated carbocycles. The van der Waals surface area contributed by atoms with Crippen LogP contribution in [0, 0.1) is 17.8 Å². The second kappa shape index (κ2) is 9.43. The quantitative estimate of drug-likeness (QED) is 0.606. The first-order valence-corrected chi connectivity index (χ1v) is 6.63. The molecule has 0 saturated heterocycles. The summed E-state index contributed by atoms with van der Waals surface area (Å²) in [5.74, 6) is 6.88. The summed E-state index contributed by atoms with van der Waals surface area (Å²) < 4.78 is 11.1. The molecule has 1 rings (SSSR count). The predicted molar refractivity (Wildman–Crippen MR) is 76.2 cm³/mol. The molecular formula is C16H22O3. The molecule has 0 aliphatic carbocycles. The van der Waals surface area contributed by atoms with Crippen LogP contribution in [-0.2, 0) is 4.74 Å². The van der Waals surface area contributed by atoms with Crippen LogP contribution in [0.15, 0.2) is 24.3 Å². The van der Waals surface area contributed by atoms with Crippen molar-refractivity contribution in [1.29, 1.82) is 0 Å². The van der Waals surface area contributed by atoms with Crippen LogP contribution in [-0.4, -0.2) is 31.5 Å². The van der Waals surface area contributed by atoms with E-state index in [2.05, 4.69) is 25.7 Å². The van der Waals surface area contributed by atoms with Crippen molar-refractivity contribution < 1.29 is 14.6 Å². The third kappa shape index (κ3) is 6.85. The molecule has 1 aromatic rings. The average molecular weight is 262 g/mol. The van der Waals surface area contributed by atoms with Gasteiger partial charge in [-0.15, -0.1) is 0 Å². The van der Waals surface area contributed by atoms with Gasteiger partial charge in [-0.25, -0.2) is 0 Å². The van der Waals surface area contributed by atoms with E-state index in [1.807, 2.05) is 24.3 Å². The number of aliphatic hydroxyl groups excluding tert-OH is 1. The molecule has 0 unspecified atom stereocenters. The zero-order valence-corrected chi connectivity index (χ0v) is 11.7. The van der Waals surface area contributed by atoms with E-state index in [-0.39, 0.29) is 6.61 Å². The Balaban J connectivity index is 2.33. The molecule has 0 heterocycles. The van der Waals surface area contributed by atoms with Gasteiger partial charge in [-0.1, -0.05) is 37.8 Å². The van der Waals surface area contributed by atoms with E-state index in [0.717, 1.165) is 24.3 Å². The van der Waals surface area contributed by atoms with Crippen LogP contribution in [0.25, 0.3) is 0 Å². The summed E-state index contributed by atoms with van der Waals surface area (Å²) in [6.45, 7) is 6.07. The van der Waals surface area contributed by atoms with Gasteiger partial charge >= 0.3 is 0 Å². The summed E-state index contributed by atoms with van der Waals surface area (Å²) in [4.78, 5) is 0. The van der Waals surface area contributed by atoms with Crippen LogP contribution < -0.4 is 4.74 Å². The molecule has 0 amide bonds. The number of hydrogen-bond donors (Lipinski definition) is 1. The predicted octanol–water partition coefficient (Wildman–Crippen LogP) is 2.47. The van der Waals surface area contributed by atoms with Gasteiger partial charge in [0.2, 0.25) is 0 Å². The van der Waals surface area contributed by atoms with Crippen molar-refractivity contribution in [2.75, 3.05) is 26.4 Å². The molecule has 0 fully saturated rings. The van der Waals surface area contributed by atoms with Gasteiger partial charge in [-0.2, -0.15) is 0 Å². The van der Waals surface area contributed by atoms with Crippen molar-refractivity contribution in [3.05, 3.63) is 29.8 Å². The summed E-state index contributed by atoms with van der Waals surface area (Å²) in [6, 6.07) is 7.54. The van der Waals surface area contributed by atoms with E-state index in [0.29, 0.717) is 19.1 Å². The van der Waals surface area contributed by atoms with Crippen molar-refractivity contribution in [3.8, 4) is 17.6 Å². The number of ether oxygens (including phenoxy) is 2. The fraction of sp³-hybridized carbons (Fsp3) is 0.500. The largest absolute Gasteiger partial charge is 0.490 e. The fourth-order valence-electron chi connectivity index (χ4n) is 1.46. The molecule has 0 aliphatic rings. The molecule has 3 nitrogen and oxygen atoms in total. The van der Waals surface area contributed by atoms with E-state index in [1.165, 1.54) is 0 Å². The molecule has 0 radical (unpaired) electrons. The average Bonchev–Trinajstić information content (AvgIpc) is 2.41. The molecule has 19 heavy (non-hydrogen) atoms. The highest BCUT2D eigenvalue weighted by Gasteiger charge is 2.00. The van der Waals surface area contributed by atoms with Gasteiger partial charge in [0.25, 0.3) is 0 Å². The molecular weight excluding hydrogens is 240 g/mol. The van der Waals surface area contributed by atoms with Gasteiger partial charge in [0, 0.05) is 6.61 Å². The topological polar surface area (TPSA) is 38.7 Å². The maximum Gasteiger partial charge on any atom is 0.135 e. The van der Waals surface area contributed by atoms with Crippen molar-refractivity contribution in [2.45, 2.75) is 20.3 Å². The summed E-state index contributed by atoms with van der Waals surface area (Å²) in [7, 11) is 0. The second-order valence-electron chi connectivity index (χ2n) is 4.60. The lowest BCUT2D eigenvalue weighted by Gasteiger charge is -2.09. The monoisotopic (exact) mass is 262 g/mol. The summed E-state index contributed by atoms with van der Waals surface area (Å²) >= 11 is 0. The van der Waals surface area contributed by atoms with Crippen molar-refractivity contribution in [2.24, 2.45) is 5.92 Å². The Bertz CT molecular complexity index is 415. The smallest absolute Gasteiger partial charge is 0.135 e. The molecule has 0 atom stereocenters. The standard InChI is InChI=1S/C16H22O3/c1-14(2)9-11-18-12-13-19-16-8-4-3-6-15(16)7-5-10-17/h3-4,6,8,14,17H,9-13H2,1-2H3. The molecule has 104 valence electrons. The number of rotatable bonds is 7. The SMILES string of the molecule is CC(C)CCOCCOc1ccccc1C#CCO. The maximum atomic E-state index is 8.70. The Morgan fingerprint density at radius 3 is 2.68 bits per heavy atom. The Hall–Kier alpha value is -1.50. The molecule has 3 heteroatoms. The number of para-hydroxylation sites is 1. The highest BCUT2D eigenvalue weighted by atomic mass is 16.5. The van der Waals surface area contributed by atoms with Gasteiger partial charge in [0.1, 0.15) is 19.0 Å². The van der Waals surface area contributed by atoms with Crippen LogP contribution in [0.2, 0.25) is 0 Å². The first-order valence-electron chi connectivity index (χ1n) is 6.63. The van der Waals surface area contributed by atoms with Gasteiger partial charge in [0.05, 0.1) is 12.2 Å². The highest BCUT2D eigenvalue weighted by molar-refractivity contribution is 5.45. The Morgan fingerprint density at radius 2 is 1.95 bits per heavy atom. The van der Waals surface area contributed by atoms with Gasteiger partial charge < -0.3 is 14.6 Å². The van der Waals surface area contributed by atoms with Crippen LogP contribution in [0.4, 0.5) is 0 Å². The third-order valence-corrected chi connectivity index (χ3v) is 2.51. The molecule has 0 aliphatic heterocycles. The van der Waals surface area contributed by atoms with E-state index < -0.39 is 0 Å². The first-order chi connectivity index (χ1) is 9.24. The summed E-state index contributed by atoms with van der Waals surface area (Å²) in [5, 5.41) is 8.70. The van der Waals surface area contributed by atoms with E-state index in [1.54, 1.807) is 0 Å². The Kier molecular flexibility index (Phi) is 7.72. The number of benzene rings is 1. The van der Waals surface area contributed by atoms with Crippen LogP contribution >= 0.6 is 0 Å². The fourth-order valence-corrected chi connectivity index (χ4v) is 1.46. The van der Waals surface area contributed by atoms with E-state index in [4.69, 9.17) is 14.6 Å². The Morgan fingerprint density at radius 1 is 1.16 bits per heavy atom. The van der Waals surface area contributed by atoms with Crippen molar-refractivity contribution >= 4 is 0 Å². The van der Waals surface area contributed by atoms with E-state index in [9.17, 15) is 0 Å². The minimum atomic E-state index is -0.146. The van der Waals surface area contributed by atoms with Gasteiger partial charge in [0.15, 0.2) is 0 Å². The van der Waals surface area contributed by atoms with Crippen LogP contribution in [0.5, 0.6) is 5.75 Å². The Labute approximate surface area is 115 Å². The molecule has 0 bridgehead atoms. The molecule has 1 N–H and O–H groups in total. The van der Waals surface area contributed by atoms with Crippen molar-refractivity contribution in [3.63, 3.8) is 0 Å². The highest BCUT2D eigenvalue weighted by Crippen LogP contribution is 2.16. The molecule has 0 aromatic heterocycles. The van der Waals surface area contributed by atoms with Gasteiger partial charge in [-0.3, -0.25) is 0 Å². The molecule has 0 spiro atoms. The summed E-state index contributed by atoms with van der Waals surface area (Å²) in [6.07, 6.45) is 1.07. The van der Waals surface area contributed by atoms with Crippen LogP contribution in [0.1, 0.15) is 25.8 Å². The normalized spacial score (nSPS) is 10.1. The van der Waals surface area contributed by atoms with Crippen molar-refractivity contribution in [1.82, 2.24) is 0 Å². The zero-order valence-electron chi connectivity index (χ0n) is 11.7.